The van der Waals surface area contributed by atoms with Gasteiger partial charge < -0.3 is 14.6 Å². The molecule has 0 rings (SSSR count). The smallest absolute Gasteiger partial charge is 0.335 e. The lowest BCUT2D eigenvalue weighted by atomic mass is 9.98. The highest BCUT2D eigenvalue weighted by atomic mass is 16.6. The maximum Gasteiger partial charge on any atom is 0.335 e. The Bertz CT molecular complexity index is 379. The molecule has 0 spiro atoms. The van der Waals surface area contributed by atoms with Crippen molar-refractivity contribution in [2.24, 2.45) is 0 Å². The topological polar surface area (TPSA) is 55.8 Å². The molecule has 0 aromatic heterocycles. The van der Waals surface area contributed by atoms with Gasteiger partial charge in [0.2, 0.25) is 0 Å². The lowest BCUT2D eigenvalue weighted by Crippen LogP contribution is -2.42. The molecule has 0 aliphatic rings. The van der Waals surface area contributed by atoms with Crippen molar-refractivity contribution < 1.29 is 19.4 Å². The largest absolute Gasteiger partial charge is 0.455 e. The monoisotopic (exact) mass is 386 g/mol. The summed E-state index contributed by atoms with van der Waals surface area (Å²) in [5, 5.41) is 9.35. The molecule has 0 aliphatic carbocycles. The Morgan fingerprint density at radius 1 is 0.889 bits per heavy atom. The quantitative estimate of drug-likeness (QED) is 0.239. The lowest BCUT2D eigenvalue weighted by Gasteiger charge is -2.34. The first-order valence-corrected chi connectivity index (χ1v) is 11.2. The van der Waals surface area contributed by atoms with Crippen LogP contribution < -0.4 is 0 Å². The highest BCUT2D eigenvalue weighted by molar-refractivity contribution is 5.74. The third-order valence-electron chi connectivity index (χ3n) is 5.34. The van der Waals surface area contributed by atoms with Crippen LogP contribution in [0.2, 0.25) is 0 Å². The van der Waals surface area contributed by atoms with E-state index in [-0.39, 0.29) is 5.60 Å². The summed E-state index contributed by atoms with van der Waals surface area (Å²) in [6, 6.07) is 0. The fourth-order valence-corrected chi connectivity index (χ4v) is 2.99. The number of rotatable bonds is 17. The molecule has 1 N–H and O–H groups in total. The molecule has 0 saturated carbocycles. The number of unbranched alkanes of at least 4 members (excludes halogenated alkanes) is 9. The number of esters is 1. The van der Waals surface area contributed by atoms with Gasteiger partial charge in [-0.3, -0.25) is 0 Å². The molecule has 4 nitrogen and oxygen atoms in total. The summed E-state index contributed by atoms with van der Waals surface area (Å²) in [5.41, 5.74) is -0.920. The van der Waals surface area contributed by atoms with Crippen LogP contribution in [-0.4, -0.2) is 35.0 Å². The fraction of sp³-hybridized carbons (Fsp3) is 0.957. The van der Waals surface area contributed by atoms with E-state index in [1.54, 1.807) is 0 Å². The normalized spacial score (nSPS) is 15.4. The molecule has 1 unspecified atom stereocenters. The minimum Gasteiger partial charge on any atom is -0.455 e. The van der Waals surface area contributed by atoms with E-state index in [1.165, 1.54) is 71.1 Å². The molecule has 2 atom stereocenters. The van der Waals surface area contributed by atoms with Gasteiger partial charge in [-0.05, 0) is 40.5 Å². The molecular weight excluding hydrogens is 340 g/mol. The van der Waals surface area contributed by atoms with Gasteiger partial charge >= 0.3 is 5.97 Å². The van der Waals surface area contributed by atoms with Crippen LogP contribution in [0.4, 0.5) is 0 Å². The lowest BCUT2D eigenvalue weighted by molar-refractivity contribution is -0.180. The molecule has 0 aromatic carbocycles. The highest BCUT2D eigenvalue weighted by Gasteiger charge is 2.31. The van der Waals surface area contributed by atoms with E-state index >= 15 is 0 Å². The van der Waals surface area contributed by atoms with Crippen LogP contribution in [0.25, 0.3) is 0 Å². The zero-order chi connectivity index (χ0) is 20.8. The highest BCUT2D eigenvalue weighted by Crippen LogP contribution is 2.24. The number of ether oxygens (including phenoxy) is 2. The summed E-state index contributed by atoms with van der Waals surface area (Å²) in [5.74, 6) is -0.588. The fourth-order valence-electron chi connectivity index (χ4n) is 2.99. The van der Waals surface area contributed by atoms with Crippen LogP contribution in [-0.2, 0) is 14.3 Å². The van der Waals surface area contributed by atoms with E-state index in [2.05, 4.69) is 20.8 Å². The standard InChI is InChI=1S/C23H46O4/c1-7-9-10-11-12-13-14-15-16-17-18-22(4,5)26-19-23(6,8-2)27-21(25)20(3)24/h20,24H,7-19H2,1-6H3/t20-,23?/m1/s1. The van der Waals surface area contributed by atoms with E-state index < -0.39 is 17.7 Å². The van der Waals surface area contributed by atoms with Gasteiger partial charge in [0.25, 0.3) is 0 Å². The third-order valence-corrected chi connectivity index (χ3v) is 5.34. The summed E-state index contributed by atoms with van der Waals surface area (Å²) < 4.78 is 11.5. The Morgan fingerprint density at radius 3 is 1.81 bits per heavy atom. The number of hydrogen-bond acceptors (Lipinski definition) is 4. The van der Waals surface area contributed by atoms with E-state index in [0.29, 0.717) is 13.0 Å². The first kappa shape index (κ1) is 26.4. The van der Waals surface area contributed by atoms with Crippen molar-refractivity contribution in [3.05, 3.63) is 0 Å². The van der Waals surface area contributed by atoms with Crippen LogP contribution in [0.15, 0.2) is 0 Å². The van der Waals surface area contributed by atoms with Crippen molar-refractivity contribution >= 4 is 5.97 Å². The second kappa shape index (κ2) is 14.4. The molecule has 0 radical (unpaired) electrons. The number of carbonyl (C=O) groups excluding carboxylic acids is 1. The van der Waals surface area contributed by atoms with Gasteiger partial charge in [-0.25, -0.2) is 4.79 Å². The van der Waals surface area contributed by atoms with Crippen molar-refractivity contribution in [1.29, 1.82) is 0 Å². The predicted octanol–water partition coefficient (Wildman–Crippen LogP) is 6.19. The second-order valence-corrected chi connectivity index (χ2v) is 8.88. The Hall–Kier alpha value is -0.610. The van der Waals surface area contributed by atoms with E-state index in [9.17, 15) is 9.90 Å². The minimum absolute atomic E-state index is 0.228. The Balaban J connectivity index is 3.93. The predicted molar refractivity (Wildman–Crippen MR) is 113 cm³/mol. The number of aliphatic hydroxyl groups is 1. The third kappa shape index (κ3) is 14.1. The van der Waals surface area contributed by atoms with Gasteiger partial charge in [0.05, 0.1) is 12.2 Å². The molecule has 27 heavy (non-hydrogen) atoms. The summed E-state index contributed by atoms with van der Waals surface area (Å²) >= 11 is 0. The average Bonchev–Trinajstić information content (AvgIpc) is 2.61. The van der Waals surface area contributed by atoms with Crippen molar-refractivity contribution in [2.45, 2.75) is 136 Å². The molecular formula is C23H46O4. The molecule has 0 saturated heterocycles. The summed E-state index contributed by atoms with van der Waals surface area (Å²) in [7, 11) is 0. The molecule has 0 amide bonds. The van der Waals surface area contributed by atoms with Crippen LogP contribution in [0.1, 0.15) is 119 Å². The number of hydrogen-bond donors (Lipinski definition) is 1. The van der Waals surface area contributed by atoms with Gasteiger partial charge in [0.15, 0.2) is 0 Å². The first-order valence-electron chi connectivity index (χ1n) is 11.2. The Kier molecular flexibility index (Phi) is 14.1. The van der Waals surface area contributed by atoms with Crippen LogP contribution >= 0.6 is 0 Å². The van der Waals surface area contributed by atoms with Gasteiger partial charge in [0, 0.05) is 0 Å². The van der Waals surface area contributed by atoms with Gasteiger partial charge in [-0.2, -0.15) is 0 Å². The molecule has 0 bridgehead atoms. The molecule has 0 heterocycles. The van der Waals surface area contributed by atoms with Gasteiger partial charge in [-0.15, -0.1) is 0 Å². The molecule has 0 aliphatic heterocycles. The van der Waals surface area contributed by atoms with Crippen LogP contribution in [0, 0.1) is 0 Å². The van der Waals surface area contributed by atoms with Crippen molar-refractivity contribution in [1.82, 2.24) is 0 Å². The zero-order valence-electron chi connectivity index (χ0n) is 18.9. The minimum atomic E-state index is -1.10. The Morgan fingerprint density at radius 2 is 1.37 bits per heavy atom. The van der Waals surface area contributed by atoms with Crippen LogP contribution in [0.5, 0.6) is 0 Å². The number of carbonyl (C=O) groups is 1. The molecule has 4 heteroatoms. The summed E-state index contributed by atoms with van der Waals surface area (Å²) in [6.07, 6.45) is 13.9. The summed E-state index contributed by atoms with van der Waals surface area (Å²) in [6.45, 7) is 12.1. The van der Waals surface area contributed by atoms with Crippen molar-refractivity contribution in [3.8, 4) is 0 Å². The van der Waals surface area contributed by atoms with Gasteiger partial charge in [0.1, 0.15) is 11.7 Å². The second-order valence-electron chi connectivity index (χ2n) is 8.88. The SMILES string of the molecule is CCCCCCCCCCCCC(C)(C)OCC(C)(CC)OC(=O)[C@@H](C)O. The Labute approximate surface area is 168 Å². The average molecular weight is 387 g/mol. The zero-order valence-corrected chi connectivity index (χ0v) is 18.9. The van der Waals surface area contributed by atoms with E-state index in [0.717, 1.165) is 6.42 Å². The van der Waals surface area contributed by atoms with Crippen molar-refractivity contribution in [2.75, 3.05) is 6.61 Å². The van der Waals surface area contributed by atoms with E-state index in [4.69, 9.17) is 9.47 Å². The maximum atomic E-state index is 11.7. The first-order chi connectivity index (χ1) is 12.7. The van der Waals surface area contributed by atoms with Gasteiger partial charge in [-0.1, -0.05) is 78.1 Å². The maximum absolute atomic E-state index is 11.7. The van der Waals surface area contributed by atoms with E-state index in [1.807, 2.05) is 13.8 Å². The molecule has 0 fully saturated rings. The van der Waals surface area contributed by atoms with Crippen LogP contribution in [0.3, 0.4) is 0 Å². The molecule has 162 valence electrons. The number of aliphatic hydroxyl groups excluding tert-OH is 1. The molecule has 0 aromatic rings. The summed E-state index contributed by atoms with van der Waals surface area (Å²) in [4.78, 5) is 11.7. The van der Waals surface area contributed by atoms with Crippen molar-refractivity contribution in [3.63, 3.8) is 0 Å².